The van der Waals surface area contributed by atoms with Crippen LogP contribution in [0, 0.1) is 0 Å². The fourth-order valence-electron chi connectivity index (χ4n) is 2.53. The van der Waals surface area contributed by atoms with E-state index in [1.54, 1.807) is 7.11 Å². The van der Waals surface area contributed by atoms with Gasteiger partial charge in [-0.3, -0.25) is 4.79 Å². The van der Waals surface area contributed by atoms with Crippen LogP contribution >= 0.6 is 0 Å². The smallest absolute Gasteiger partial charge is 0.251 e. The Morgan fingerprint density at radius 1 is 1.08 bits per heavy atom. The van der Waals surface area contributed by atoms with Crippen LogP contribution in [-0.2, 0) is 4.79 Å². The number of amides is 1. The average Bonchev–Trinajstić information content (AvgIpc) is 2.64. The molecule has 0 aliphatic heterocycles. The molecule has 4 nitrogen and oxygen atoms in total. The van der Waals surface area contributed by atoms with Crippen molar-refractivity contribution in [2.45, 2.75) is 6.42 Å². The predicted molar refractivity (Wildman–Crippen MR) is 103 cm³/mol. The van der Waals surface area contributed by atoms with Crippen molar-refractivity contribution in [3.05, 3.63) is 65.7 Å². The van der Waals surface area contributed by atoms with E-state index in [1.807, 2.05) is 74.8 Å². The second kappa shape index (κ2) is 9.64. The second-order valence-corrected chi connectivity index (χ2v) is 6.08. The molecular weight excluding hydrogens is 312 g/mol. The fraction of sp³-hybridized carbons (Fsp3) is 0.286. The largest absolute Gasteiger partial charge is 0.496 e. The Balaban J connectivity index is 2.25. The highest BCUT2D eigenvalue weighted by atomic mass is 16.5. The summed E-state index contributed by atoms with van der Waals surface area (Å²) in [6.45, 7) is 1.59. The van der Waals surface area contributed by atoms with Gasteiger partial charge in [0.05, 0.1) is 7.11 Å². The summed E-state index contributed by atoms with van der Waals surface area (Å²) in [5, 5.41) is 3.02. The predicted octanol–water partition coefficient (Wildman–Crippen LogP) is 3.30. The van der Waals surface area contributed by atoms with Gasteiger partial charge in [0.25, 0.3) is 5.91 Å². The first kappa shape index (κ1) is 18.7. The maximum Gasteiger partial charge on any atom is 0.251 e. The van der Waals surface area contributed by atoms with Gasteiger partial charge in [-0.05, 0) is 44.8 Å². The molecule has 0 aromatic heterocycles. The summed E-state index contributed by atoms with van der Waals surface area (Å²) in [7, 11) is 5.69. The Kier molecular flexibility index (Phi) is 7.23. The highest BCUT2D eigenvalue weighted by Gasteiger charge is 2.13. The molecule has 0 fully saturated rings. The molecule has 0 radical (unpaired) electrons. The molecule has 1 N–H and O–H groups in total. The summed E-state index contributed by atoms with van der Waals surface area (Å²) < 4.78 is 5.40. The molecule has 0 spiro atoms. The van der Waals surface area contributed by atoms with E-state index in [1.165, 1.54) is 0 Å². The van der Waals surface area contributed by atoms with Gasteiger partial charge in [0, 0.05) is 17.7 Å². The van der Waals surface area contributed by atoms with E-state index in [2.05, 4.69) is 10.2 Å². The van der Waals surface area contributed by atoms with E-state index in [0.717, 1.165) is 29.8 Å². The lowest BCUT2D eigenvalue weighted by molar-refractivity contribution is -0.115. The van der Waals surface area contributed by atoms with E-state index in [9.17, 15) is 4.79 Å². The number of rotatable bonds is 8. The molecule has 0 aliphatic carbocycles. The van der Waals surface area contributed by atoms with Gasteiger partial charge >= 0.3 is 0 Å². The van der Waals surface area contributed by atoms with Gasteiger partial charge in [-0.2, -0.15) is 0 Å². The van der Waals surface area contributed by atoms with Crippen LogP contribution in [0.5, 0.6) is 5.75 Å². The number of carbonyl (C=O) groups excluding carboxylic acids is 1. The van der Waals surface area contributed by atoms with E-state index in [4.69, 9.17) is 4.74 Å². The van der Waals surface area contributed by atoms with Crippen LogP contribution in [0.1, 0.15) is 17.5 Å². The highest BCUT2D eigenvalue weighted by molar-refractivity contribution is 6.24. The third-order valence-corrected chi connectivity index (χ3v) is 3.84. The first-order valence-corrected chi connectivity index (χ1v) is 8.45. The summed E-state index contributed by atoms with van der Waals surface area (Å²) in [5.74, 6) is 0.673. The molecule has 2 aromatic rings. The number of nitrogens with zero attached hydrogens (tertiary/aromatic N) is 1. The minimum Gasteiger partial charge on any atom is -0.496 e. The number of methoxy groups -OCH3 is 1. The first-order chi connectivity index (χ1) is 12.1. The van der Waals surface area contributed by atoms with Gasteiger partial charge in [-0.15, -0.1) is 0 Å². The van der Waals surface area contributed by atoms with Crippen LogP contribution in [0.15, 0.2) is 54.6 Å². The van der Waals surface area contributed by atoms with Crippen molar-refractivity contribution >= 4 is 17.6 Å². The van der Waals surface area contributed by atoms with E-state index in [0.29, 0.717) is 12.1 Å². The summed E-state index contributed by atoms with van der Waals surface area (Å²) in [5.41, 5.74) is 2.40. The molecule has 132 valence electrons. The lowest BCUT2D eigenvalue weighted by Crippen LogP contribution is -2.27. The van der Waals surface area contributed by atoms with Gasteiger partial charge in [0.2, 0.25) is 0 Å². The molecular formula is C21H26N2O2. The second-order valence-electron chi connectivity index (χ2n) is 6.08. The van der Waals surface area contributed by atoms with Gasteiger partial charge in [-0.1, -0.05) is 48.5 Å². The van der Waals surface area contributed by atoms with Crippen LogP contribution in [0.2, 0.25) is 0 Å². The maximum absolute atomic E-state index is 12.8. The zero-order chi connectivity index (χ0) is 18.1. The Morgan fingerprint density at radius 3 is 2.44 bits per heavy atom. The number of hydrogen-bond donors (Lipinski definition) is 1. The van der Waals surface area contributed by atoms with Gasteiger partial charge in [0.1, 0.15) is 5.75 Å². The Labute approximate surface area is 150 Å². The molecule has 0 atom stereocenters. The SMILES string of the molecule is COc1ccccc1/C=C(/C(=O)NCCCN(C)C)c1ccccc1. The minimum atomic E-state index is -0.0733. The third-order valence-electron chi connectivity index (χ3n) is 3.84. The number of nitrogens with one attached hydrogen (secondary N) is 1. The summed E-state index contributed by atoms with van der Waals surface area (Å²) in [6.07, 6.45) is 2.80. The van der Waals surface area contributed by atoms with Crippen molar-refractivity contribution < 1.29 is 9.53 Å². The molecule has 1 amide bonds. The van der Waals surface area contributed by atoms with Crippen LogP contribution in [-0.4, -0.2) is 45.1 Å². The molecule has 0 saturated heterocycles. The van der Waals surface area contributed by atoms with Crippen molar-refractivity contribution in [3.63, 3.8) is 0 Å². The normalized spacial score (nSPS) is 11.4. The minimum absolute atomic E-state index is 0.0733. The monoisotopic (exact) mass is 338 g/mol. The van der Waals surface area contributed by atoms with Crippen molar-refractivity contribution in [1.29, 1.82) is 0 Å². The molecule has 2 rings (SSSR count). The van der Waals surface area contributed by atoms with Crippen LogP contribution in [0.4, 0.5) is 0 Å². The van der Waals surface area contributed by atoms with Gasteiger partial charge in [0.15, 0.2) is 0 Å². The summed E-state index contributed by atoms with van der Waals surface area (Å²) in [4.78, 5) is 14.9. The number of hydrogen-bond acceptors (Lipinski definition) is 3. The average molecular weight is 338 g/mol. The topological polar surface area (TPSA) is 41.6 Å². The van der Waals surface area contributed by atoms with E-state index in [-0.39, 0.29) is 5.91 Å². The van der Waals surface area contributed by atoms with Crippen LogP contribution in [0.25, 0.3) is 11.6 Å². The Morgan fingerprint density at radius 2 is 1.76 bits per heavy atom. The van der Waals surface area contributed by atoms with Crippen molar-refractivity contribution in [3.8, 4) is 5.75 Å². The molecule has 0 unspecified atom stereocenters. The third kappa shape index (κ3) is 5.76. The van der Waals surface area contributed by atoms with E-state index < -0.39 is 0 Å². The van der Waals surface area contributed by atoms with Crippen LogP contribution < -0.4 is 10.1 Å². The molecule has 2 aromatic carbocycles. The zero-order valence-corrected chi connectivity index (χ0v) is 15.2. The maximum atomic E-state index is 12.8. The number of carbonyl (C=O) groups is 1. The quantitative estimate of drug-likeness (QED) is 0.456. The Bertz CT molecular complexity index is 709. The van der Waals surface area contributed by atoms with E-state index >= 15 is 0 Å². The lowest BCUT2D eigenvalue weighted by atomic mass is 10.0. The van der Waals surface area contributed by atoms with Crippen molar-refractivity contribution in [2.24, 2.45) is 0 Å². The fourth-order valence-corrected chi connectivity index (χ4v) is 2.53. The highest BCUT2D eigenvalue weighted by Crippen LogP contribution is 2.24. The standard InChI is InChI=1S/C21H26N2O2/c1-23(2)15-9-14-22-21(24)19(17-10-5-4-6-11-17)16-18-12-7-8-13-20(18)25-3/h4-8,10-13,16H,9,14-15H2,1-3H3,(H,22,24)/b19-16+. The molecule has 0 heterocycles. The number of benzene rings is 2. The summed E-state index contributed by atoms with van der Waals surface area (Å²) >= 11 is 0. The van der Waals surface area contributed by atoms with Crippen molar-refractivity contribution in [1.82, 2.24) is 10.2 Å². The molecule has 0 bridgehead atoms. The molecule has 4 heteroatoms. The molecule has 25 heavy (non-hydrogen) atoms. The first-order valence-electron chi connectivity index (χ1n) is 8.45. The summed E-state index contributed by atoms with van der Waals surface area (Å²) in [6, 6.07) is 17.4. The van der Waals surface area contributed by atoms with Gasteiger partial charge < -0.3 is 15.0 Å². The Hall–Kier alpha value is -2.59. The molecule has 0 saturated carbocycles. The van der Waals surface area contributed by atoms with Crippen LogP contribution in [0.3, 0.4) is 0 Å². The van der Waals surface area contributed by atoms with Gasteiger partial charge in [-0.25, -0.2) is 0 Å². The number of ether oxygens (including phenoxy) is 1. The number of para-hydroxylation sites is 1. The lowest BCUT2D eigenvalue weighted by Gasteiger charge is -2.12. The molecule has 0 aliphatic rings. The zero-order valence-electron chi connectivity index (χ0n) is 15.2. The van der Waals surface area contributed by atoms with Crippen molar-refractivity contribution in [2.75, 3.05) is 34.3 Å².